The van der Waals surface area contributed by atoms with Crippen molar-refractivity contribution in [1.29, 1.82) is 0 Å². The number of nitrogens with zero attached hydrogens (tertiary/aromatic N) is 3. The van der Waals surface area contributed by atoms with E-state index in [4.69, 9.17) is 9.47 Å². The monoisotopic (exact) mass is 583 g/mol. The van der Waals surface area contributed by atoms with E-state index in [-0.39, 0.29) is 5.88 Å². The van der Waals surface area contributed by atoms with Gasteiger partial charge in [0.25, 0.3) is 0 Å². The average Bonchev–Trinajstić information content (AvgIpc) is 3.31. The van der Waals surface area contributed by atoms with Crippen molar-refractivity contribution in [3.05, 3.63) is 126 Å². The first kappa shape index (κ1) is 28.7. The Bertz CT molecular complexity index is 1990. The third-order valence-electron chi connectivity index (χ3n) is 7.78. The summed E-state index contributed by atoms with van der Waals surface area (Å²) in [6, 6.07) is 27.9. The summed E-state index contributed by atoms with van der Waals surface area (Å²) in [5, 5.41) is 13.0. The van der Waals surface area contributed by atoms with Crippen molar-refractivity contribution < 1.29 is 19.4 Å². The van der Waals surface area contributed by atoms with E-state index in [9.17, 15) is 9.90 Å². The van der Waals surface area contributed by atoms with Gasteiger partial charge in [-0.1, -0.05) is 67.2 Å². The maximum Gasteiger partial charge on any atom is 0.512 e. The predicted octanol–water partition coefficient (Wildman–Crippen LogP) is 8.71. The van der Waals surface area contributed by atoms with Crippen molar-refractivity contribution in [3.63, 3.8) is 0 Å². The van der Waals surface area contributed by atoms with Gasteiger partial charge in [0.2, 0.25) is 5.88 Å². The highest BCUT2D eigenvalue weighted by Gasteiger charge is 2.25. The number of hydrogen-bond acceptors (Lipinski definition) is 5. The van der Waals surface area contributed by atoms with Crippen LogP contribution in [0.25, 0.3) is 38.4 Å². The number of allylic oxidation sites excluding steroid dienone is 1. The predicted molar refractivity (Wildman–Crippen MR) is 174 cm³/mol. The second kappa shape index (κ2) is 12.4. The molecule has 3 heterocycles. The lowest BCUT2D eigenvalue weighted by molar-refractivity contribution is 0.140. The van der Waals surface area contributed by atoms with Crippen LogP contribution in [0, 0.1) is 6.92 Å². The van der Waals surface area contributed by atoms with Gasteiger partial charge >= 0.3 is 6.16 Å². The number of fused-ring (bicyclic) bond motifs is 2. The fourth-order valence-corrected chi connectivity index (χ4v) is 5.88. The molecule has 3 aromatic carbocycles. The number of para-hydroxylation sites is 1. The van der Waals surface area contributed by atoms with Crippen LogP contribution in [0.2, 0.25) is 0 Å². The van der Waals surface area contributed by atoms with Crippen molar-refractivity contribution in [2.45, 2.75) is 33.2 Å². The summed E-state index contributed by atoms with van der Waals surface area (Å²) in [6.07, 6.45) is 3.34. The van der Waals surface area contributed by atoms with Gasteiger partial charge in [-0.2, -0.15) is 0 Å². The molecule has 0 unspecified atom stereocenters. The van der Waals surface area contributed by atoms with Gasteiger partial charge in [0.15, 0.2) is 0 Å². The normalized spacial score (nSPS) is 11.1. The molecule has 0 aliphatic rings. The van der Waals surface area contributed by atoms with Crippen LogP contribution in [0.4, 0.5) is 4.79 Å². The Hall–Kier alpha value is -5.43. The molecule has 0 amide bonds. The Balaban J connectivity index is 1.46. The molecule has 0 spiro atoms. The summed E-state index contributed by atoms with van der Waals surface area (Å²) in [5.41, 5.74) is 7.02. The molecule has 0 aliphatic heterocycles. The number of aromatic nitrogens is 3. The van der Waals surface area contributed by atoms with Gasteiger partial charge in [-0.3, -0.25) is 9.97 Å². The van der Waals surface area contributed by atoms with E-state index in [2.05, 4.69) is 41.7 Å². The first-order valence-corrected chi connectivity index (χ1v) is 14.6. The molecule has 220 valence electrons. The Kier molecular flexibility index (Phi) is 8.10. The van der Waals surface area contributed by atoms with Crippen LogP contribution < -0.4 is 9.47 Å². The number of hydrogen-bond donors (Lipinski definition) is 1. The summed E-state index contributed by atoms with van der Waals surface area (Å²) in [6.45, 7) is 8.95. The zero-order valence-electron chi connectivity index (χ0n) is 24.8. The molecule has 1 N–H and O–H groups in total. The molecule has 6 rings (SSSR count). The van der Waals surface area contributed by atoms with Crippen LogP contribution in [0.15, 0.2) is 104 Å². The maximum absolute atomic E-state index is 12.1. The standard InChI is InChI=1S/C37H33N3O4/c1-24(2)34-33(25(3)19-21-39-34)31-16-9-15-29-30(17-10-22-43-32-18-8-12-26-11-4-5-14-28(26)32)36(44-37(41)42)40(35(29)31)23-27-13-6-7-20-38-27/h4-9,11-16,18-21H,1,10,17,22-23H2,2-3H3,(H,41,42). The SMILES string of the molecule is C=C(C)c1nccc(C)c1-c1cccc2c(CCCOc3cccc4ccccc34)c(OC(=O)O)n(Cc3ccccn3)c12. The van der Waals surface area contributed by atoms with Crippen molar-refractivity contribution in [2.24, 2.45) is 0 Å². The molecular formula is C37H33N3O4. The third kappa shape index (κ3) is 5.64. The molecule has 0 fully saturated rings. The Labute approximate surface area is 256 Å². The number of pyridine rings is 2. The number of carboxylic acid groups (broad SMARTS) is 1. The van der Waals surface area contributed by atoms with Crippen LogP contribution in [-0.4, -0.2) is 32.4 Å². The topological polar surface area (TPSA) is 86.5 Å². The van der Waals surface area contributed by atoms with E-state index in [1.54, 1.807) is 12.4 Å². The van der Waals surface area contributed by atoms with Crippen LogP contribution in [-0.2, 0) is 13.0 Å². The van der Waals surface area contributed by atoms with Crippen LogP contribution in [0.3, 0.4) is 0 Å². The largest absolute Gasteiger partial charge is 0.512 e. The van der Waals surface area contributed by atoms with Gasteiger partial charge in [-0.25, -0.2) is 4.79 Å². The van der Waals surface area contributed by atoms with E-state index in [0.717, 1.165) is 66.6 Å². The number of rotatable bonds is 10. The van der Waals surface area contributed by atoms with Crippen LogP contribution in [0.5, 0.6) is 11.6 Å². The molecule has 7 nitrogen and oxygen atoms in total. The van der Waals surface area contributed by atoms with Crippen LogP contribution in [0.1, 0.15) is 35.9 Å². The minimum atomic E-state index is -1.37. The molecule has 0 saturated heterocycles. The molecule has 0 aliphatic carbocycles. The lowest BCUT2D eigenvalue weighted by Crippen LogP contribution is -2.12. The van der Waals surface area contributed by atoms with Crippen LogP contribution >= 0.6 is 0 Å². The quantitative estimate of drug-likeness (QED) is 0.128. The highest BCUT2D eigenvalue weighted by atomic mass is 16.7. The molecule has 3 aromatic heterocycles. The van der Waals surface area contributed by atoms with Crippen molar-refractivity contribution in [1.82, 2.24) is 14.5 Å². The average molecular weight is 584 g/mol. The fourth-order valence-electron chi connectivity index (χ4n) is 5.88. The van der Waals surface area contributed by atoms with Gasteiger partial charge < -0.3 is 19.1 Å². The van der Waals surface area contributed by atoms with Gasteiger partial charge in [0.1, 0.15) is 5.75 Å². The highest BCUT2D eigenvalue weighted by Crippen LogP contribution is 2.42. The summed E-state index contributed by atoms with van der Waals surface area (Å²) < 4.78 is 13.7. The summed E-state index contributed by atoms with van der Waals surface area (Å²) in [4.78, 5) is 21.3. The molecular weight excluding hydrogens is 550 g/mol. The third-order valence-corrected chi connectivity index (χ3v) is 7.78. The number of carbonyl (C=O) groups is 1. The first-order valence-electron chi connectivity index (χ1n) is 14.6. The molecule has 0 atom stereocenters. The second-order valence-corrected chi connectivity index (χ2v) is 10.8. The fraction of sp³-hybridized carbons (Fsp3) is 0.162. The first-order chi connectivity index (χ1) is 21.4. The van der Waals surface area contributed by atoms with E-state index in [1.807, 2.05) is 78.2 Å². The second-order valence-electron chi connectivity index (χ2n) is 10.8. The zero-order valence-corrected chi connectivity index (χ0v) is 24.8. The number of ether oxygens (including phenoxy) is 2. The molecule has 6 aromatic rings. The Morgan fingerprint density at radius 2 is 1.68 bits per heavy atom. The van der Waals surface area contributed by atoms with E-state index in [0.29, 0.717) is 26.0 Å². The molecule has 0 saturated carbocycles. The smallest absolute Gasteiger partial charge is 0.493 e. The van der Waals surface area contributed by atoms with Crippen molar-refractivity contribution >= 4 is 33.4 Å². The minimum Gasteiger partial charge on any atom is -0.493 e. The summed E-state index contributed by atoms with van der Waals surface area (Å²) >= 11 is 0. The van der Waals surface area contributed by atoms with Gasteiger partial charge in [0, 0.05) is 39.9 Å². The molecule has 0 radical (unpaired) electrons. The van der Waals surface area contributed by atoms with E-state index < -0.39 is 6.16 Å². The van der Waals surface area contributed by atoms with E-state index >= 15 is 0 Å². The maximum atomic E-state index is 12.1. The molecule has 0 bridgehead atoms. The molecule has 7 heteroatoms. The Morgan fingerprint density at radius 3 is 2.48 bits per heavy atom. The number of aryl methyl sites for hydroxylation is 2. The van der Waals surface area contributed by atoms with Crippen molar-refractivity contribution in [3.8, 4) is 22.8 Å². The van der Waals surface area contributed by atoms with Gasteiger partial charge in [0.05, 0.1) is 30.1 Å². The Morgan fingerprint density at radius 1 is 0.909 bits per heavy atom. The summed E-state index contributed by atoms with van der Waals surface area (Å²) in [5.74, 6) is 1.11. The zero-order chi connectivity index (χ0) is 30.6. The van der Waals surface area contributed by atoms with Gasteiger partial charge in [-0.15, -0.1) is 0 Å². The highest BCUT2D eigenvalue weighted by molar-refractivity contribution is 6.01. The molecule has 44 heavy (non-hydrogen) atoms. The van der Waals surface area contributed by atoms with Crippen molar-refractivity contribution in [2.75, 3.05) is 6.61 Å². The summed E-state index contributed by atoms with van der Waals surface area (Å²) in [7, 11) is 0. The minimum absolute atomic E-state index is 0.286. The van der Waals surface area contributed by atoms with E-state index in [1.165, 1.54) is 0 Å². The number of benzene rings is 3. The lowest BCUT2D eigenvalue weighted by Gasteiger charge is -2.16. The lowest BCUT2D eigenvalue weighted by atomic mass is 9.94. The van der Waals surface area contributed by atoms with Gasteiger partial charge in [-0.05, 0) is 67.5 Å².